The number of nitrogen functional groups attached to an aromatic ring is 1. The highest BCUT2D eigenvalue weighted by Crippen LogP contribution is 2.18. The van der Waals surface area contributed by atoms with E-state index in [4.69, 9.17) is 5.73 Å². The van der Waals surface area contributed by atoms with E-state index in [-0.39, 0.29) is 0 Å². The van der Waals surface area contributed by atoms with E-state index in [0.717, 1.165) is 18.2 Å². The lowest BCUT2D eigenvalue weighted by Crippen LogP contribution is -2.44. The topological polar surface area (TPSA) is 29.3 Å². The molecule has 1 aliphatic rings. The van der Waals surface area contributed by atoms with E-state index in [2.05, 4.69) is 24.0 Å². The molecule has 2 heteroatoms. The predicted molar refractivity (Wildman–Crippen MR) is 55.3 cm³/mol. The standard InChI is InChI=1S/C11H16N2/c1-9-6-13(7-9)8-10-3-2-4-11(12)5-10/h2-5,9H,6-8,12H2,1H3. The fourth-order valence-corrected chi connectivity index (χ4v) is 1.91. The van der Waals surface area contributed by atoms with Crippen molar-refractivity contribution in [2.24, 2.45) is 5.92 Å². The Morgan fingerprint density at radius 2 is 2.23 bits per heavy atom. The fourth-order valence-electron chi connectivity index (χ4n) is 1.91. The Hall–Kier alpha value is -1.02. The van der Waals surface area contributed by atoms with E-state index in [1.165, 1.54) is 18.7 Å². The van der Waals surface area contributed by atoms with Crippen LogP contribution in [0.1, 0.15) is 12.5 Å². The molecule has 1 heterocycles. The van der Waals surface area contributed by atoms with Crippen LogP contribution in [0.3, 0.4) is 0 Å². The second-order valence-corrected chi connectivity index (χ2v) is 4.04. The van der Waals surface area contributed by atoms with Crippen molar-refractivity contribution in [2.45, 2.75) is 13.5 Å². The average Bonchev–Trinajstić information content (AvgIpc) is 2.01. The number of nitrogens with two attached hydrogens (primary N) is 1. The molecule has 0 unspecified atom stereocenters. The van der Waals surface area contributed by atoms with E-state index < -0.39 is 0 Å². The van der Waals surface area contributed by atoms with Crippen molar-refractivity contribution in [2.75, 3.05) is 18.8 Å². The highest BCUT2D eigenvalue weighted by molar-refractivity contribution is 5.40. The smallest absolute Gasteiger partial charge is 0.0317 e. The Morgan fingerprint density at radius 1 is 1.46 bits per heavy atom. The van der Waals surface area contributed by atoms with Crippen molar-refractivity contribution in [3.8, 4) is 0 Å². The van der Waals surface area contributed by atoms with Crippen molar-refractivity contribution in [1.82, 2.24) is 4.90 Å². The molecular formula is C11H16N2. The third kappa shape index (κ3) is 2.01. The quantitative estimate of drug-likeness (QED) is 0.695. The highest BCUT2D eigenvalue weighted by Gasteiger charge is 2.21. The Kier molecular flexibility index (Phi) is 2.23. The minimum atomic E-state index is 0.867. The zero-order chi connectivity index (χ0) is 9.26. The maximum absolute atomic E-state index is 5.70. The molecule has 1 saturated heterocycles. The van der Waals surface area contributed by atoms with Gasteiger partial charge in [0.15, 0.2) is 0 Å². The first-order valence-electron chi connectivity index (χ1n) is 4.81. The molecule has 0 atom stereocenters. The minimum Gasteiger partial charge on any atom is -0.399 e. The van der Waals surface area contributed by atoms with E-state index in [0.29, 0.717) is 0 Å². The van der Waals surface area contributed by atoms with Crippen molar-refractivity contribution >= 4 is 5.69 Å². The van der Waals surface area contributed by atoms with Crippen LogP contribution in [-0.2, 0) is 6.54 Å². The van der Waals surface area contributed by atoms with Crippen LogP contribution in [0.2, 0.25) is 0 Å². The maximum Gasteiger partial charge on any atom is 0.0317 e. The largest absolute Gasteiger partial charge is 0.399 e. The van der Waals surface area contributed by atoms with Crippen LogP contribution in [0.4, 0.5) is 5.69 Å². The molecule has 1 aromatic carbocycles. The molecule has 0 saturated carbocycles. The molecule has 0 aromatic heterocycles. The normalized spacial score (nSPS) is 18.5. The van der Waals surface area contributed by atoms with Gasteiger partial charge in [0.1, 0.15) is 0 Å². The molecule has 1 fully saturated rings. The molecular weight excluding hydrogens is 160 g/mol. The molecule has 2 rings (SSSR count). The van der Waals surface area contributed by atoms with Crippen molar-refractivity contribution in [1.29, 1.82) is 0 Å². The van der Waals surface area contributed by atoms with Gasteiger partial charge in [0.2, 0.25) is 0 Å². The molecule has 0 amide bonds. The molecule has 0 spiro atoms. The summed E-state index contributed by atoms with van der Waals surface area (Å²) in [6, 6.07) is 8.15. The number of likely N-dealkylation sites (tertiary alicyclic amines) is 1. The summed E-state index contributed by atoms with van der Waals surface area (Å²) in [5.74, 6) is 0.876. The molecule has 1 aliphatic heterocycles. The van der Waals surface area contributed by atoms with E-state index in [1.54, 1.807) is 0 Å². The fraction of sp³-hybridized carbons (Fsp3) is 0.455. The van der Waals surface area contributed by atoms with Crippen LogP contribution >= 0.6 is 0 Å². The highest BCUT2D eigenvalue weighted by atomic mass is 15.2. The Balaban J connectivity index is 1.94. The van der Waals surface area contributed by atoms with Crippen LogP contribution in [0, 0.1) is 5.92 Å². The van der Waals surface area contributed by atoms with Gasteiger partial charge < -0.3 is 5.73 Å². The second kappa shape index (κ2) is 3.38. The summed E-state index contributed by atoms with van der Waals surface area (Å²) >= 11 is 0. The minimum absolute atomic E-state index is 0.867. The second-order valence-electron chi connectivity index (χ2n) is 4.04. The summed E-state index contributed by atoms with van der Waals surface area (Å²) in [6.45, 7) is 5.80. The first kappa shape index (κ1) is 8.57. The third-order valence-corrected chi connectivity index (χ3v) is 2.50. The molecule has 1 aromatic rings. The molecule has 70 valence electrons. The van der Waals surface area contributed by atoms with Crippen LogP contribution in [-0.4, -0.2) is 18.0 Å². The van der Waals surface area contributed by atoms with Gasteiger partial charge >= 0.3 is 0 Å². The van der Waals surface area contributed by atoms with Crippen LogP contribution < -0.4 is 5.73 Å². The number of benzene rings is 1. The summed E-state index contributed by atoms with van der Waals surface area (Å²) in [6.07, 6.45) is 0. The molecule has 0 bridgehead atoms. The van der Waals surface area contributed by atoms with Crippen molar-refractivity contribution in [3.05, 3.63) is 29.8 Å². The number of rotatable bonds is 2. The first-order chi connectivity index (χ1) is 6.24. The van der Waals surface area contributed by atoms with Gasteiger partial charge in [0.25, 0.3) is 0 Å². The zero-order valence-electron chi connectivity index (χ0n) is 8.03. The summed E-state index contributed by atoms with van der Waals surface area (Å²) in [5, 5.41) is 0. The number of anilines is 1. The lowest BCUT2D eigenvalue weighted by Gasteiger charge is -2.37. The van der Waals surface area contributed by atoms with Gasteiger partial charge in [-0.3, -0.25) is 4.90 Å². The van der Waals surface area contributed by atoms with E-state index in [1.807, 2.05) is 12.1 Å². The van der Waals surface area contributed by atoms with Crippen LogP contribution in [0.5, 0.6) is 0 Å². The van der Waals surface area contributed by atoms with E-state index >= 15 is 0 Å². The summed E-state index contributed by atoms with van der Waals surface area (Å²) in [4.78, 5) is 2.44. The van der Waals surface area contributed by atoms with Gasteiger partial charge in [0, 0.05) is 25.3 Å². The van der Waals surface area contributed by atoms with Gasteiger partial charge in [0.05, 0.1) is 0 Å². The monoisotopic (exact) mass is 176 g/mol. The van der Waals surface area contributed by atoms with Crippen molar-refractivity contribution in [3.63, 3.8) is 0 Å². The Morgan fingerprint density at radius 3 is 2.85 bits per heavy atom. The lowest BCUT2D eigenvalue weighted by atomic mass is 10.0. The number of nitrogens with zero attached hydrogens (tertiary/aromatic N) is 1. The van der Waals surface area contributed by atoms with Gasteiger partial charge in [-0.25, -0.2) is 0 Å². The maximum atomic E-state index is 5.70. The van der Waals surface area contributed by atoms with Gasteiger partial charge in [-0.15, -0.1) is 0 Å². The Labute approximate surface area is 79.4 Å². The van der Waals surface area contributed by atoms with Gasteiger partial charge in [-0.05, 0) is 23.6 Å². The SMILES string of the molecule is CC1CN(Cc2cccc(N)c2)C1. The summed E-state index contributed by atoms with van der Waals surface area (Å²) in [5.41, 5.74) is 7.90. The number of hydrogen-bond acceptors (Lipinski definition) is 2. The van der Waals surface area contributed by atoms with E-state index in [9.17, 15) is 0 Å². The summed E-state index contributed by atoms with van der Waals surface area (Å²) < 4.78 is 0. The third-order valence-electron chi connectivity index (χ3n) is 2.50. The summed E-state index contributed by atoms with van der Waals surface area (Å²) in [7, 11) is 0. The average molecular weight is 176 g/mol. The van der Waals surface area contributed by atoms with Crippen molar-refractivity contribution < 1.29 is 0 Å². The molecule has 2 nitrogen and oxygen atoms in total. The lowest BCUT2D eigenvalue weighted by molar-refractivity contribution is 0.105. The molecule has 2 N–H and O–H groups in total. The predicted octanol–water partition coefficient (Wildman–Crippen LogP) is 1.72. The Bertz CT molecular complexity index is 290. The number of hydrogen-bond donors (Lipinski definition) is 1. The van der Waals surface area contributed by atoms with Gasteiger partial charge in [-0.1, -0.05) is 19.1 Å². The molecule has 13 heavy (non-hydrogen) atoms. The van der Waals surface area contributed by atoms with Gasteiger partial charge in [-0.2, -0.15) is 0 Å². The molecule has 0 aliphatic carbocycles. The zero-order valence-corrected chi connectivity index (χ0v) is 8.03. The van der Waals surface area contributed by atoms with Crippen LogP contribution in [0.25, 0.3) is 0 Å². The first-order valence-corrected chi connectivity index (χ1v) is 4.81. The molecule has 0 radical (unpaired) electrons. The van der Waals surface area contributed by atoms with Crippen LogP contribution in [0.15, 0.2) is 24.3 Å².